The molecule has 0 aliphatic carbocycles. The second kappa shape index (κ2) is 9.33. The Hall–Kier alpha value is -2.62. The van der Waals surface area contributed by atoms with Crippen molar-refractivity contribution in [3.63, 3.8) is 0 Å². The molecule has 0 saturated carbocycles. The molecular formula is C10H17N5O5. The third-order valence-electron chi connectivity index (χ3n) is 1.95. The quantitative estimate of drug-likeness (QED) is 0.367. The van der Waals surface area contributed by atoms with Crippen molar-refractivity contribution in [3.8, 4) is 0 Å². The number of primary amides is 1. The van der Waals surface area contributed by atoms with Crippen molar-refractivity contribution in [1.82, 2.24) is 15.3 Å². The van der Waals surface area contributed by atoms with Crippen molar-refractivity contribution in [3.05, 3.63) is 18.2 Å². The number of aromatic nitrogens is 2. The van der Waals surface area contributed by atoms with Crippen LogP contribution in [0.15, 0.2) is 12.5 Å². The number of H-pyrrole nitrogens is 1. The van der Waals surface area contributed by atoms with Crippen molar-refractivity contribution < 1.29 is 24.6 Å². The monoisotopic (exact) mass is 287 g/mol. The zero-order chi connectivity index (χ0) is 15.5. The highest BCUT2D eigenvalue weighted by Crippen LogP contribution is 1.95. The summed E-state index contributed by atoms with van der Waals surface area (Å²) in [4.78, 5) is 36.5. The normalized spacial score (nSPS) is 10.8. The van der Waals surface area contributed by atoms with Crippen molar-refractivity contribution in [2.45, 2.75) is 18.9 Å². The predicted octanol–water partition coefficient (Wildman–Crippen LogP) is -1.51. The number of carboxylic acid groups (broad SMARTS) is 2. The molecule has 1 aromatic heterocycles. The SMILES string of the molecule is NC(=O)NCCC(=O)O.N[C@@H](Cc1cnc[nH]1)C(=O)O. The van der Waals surface area contributed by atoms with Crippen LogP contribution >= 0.6 is 0 Å². The Morgan fingerprint density at radius 1 is 1.40 bits per heavy atom. The summed E-state index contributed by atoms with van der Waals surface area (Å²) in [6, 6.07) is -1.55. The molecule has 0 spiro atoms. The number of carbonyl (C=O) groups is 3. The topological polar surface area (TPSA) is 184 Å². The van der Waals surface area contributed by atoms with Gasteiger partial charge in [0.15, 0.2) is 0 Å². The summed E-state index contributed by atoms with van der Waals surface area (Å²) in [6.45, 7) is 0.0880. The first-order valence-electron chi connectivity index (χ1n) is 5.53. The lowest BCUT2D eigenvalue weighted by Crippen LogP contribution is -2.32. The molecule has 1 heterocycles. The molecule has 10 heteroatoms. The molecule has 0 aromatic carbocycles. The Bertz CT molecular complexity index is 419. The van der Waals surface area contributed by atoms with E-state index < -0.39 is 24.0 Å². The number of rotatable bonds is 6. The number of amides is 2. The second-order valence-electron chi connectivity index (χ2n) is 3.66. The lowest BCUT2D eigenvalue weighted by atomic mass is 10.2. The Balaban J connectivity index is 0.000000370. The number of hydrogen-bond donors (Lipinski definition) is 6. The van der Waals surface area contributed by atoms with Crippen LogP contribution in [0.25, 0.3) is 0 Å². The number of aliphatic carboxylic acids is 2. The van der Waals surface area contributed by atoms with Crippen LogP contribution in [0.1, 0.15) is 12.1 Å². The molecule has 1 aromatic rings. The van der Waals surface area contributed by atoms with Gasteiger partial charge in [-0.25, -0.2) is 9.78 Å². The van der Waals surface area contributed by atoms with E-state index in [1.165, 1.54) is 6.33 Å². The van der Waals surface area contributed by atoms with Gasteiger partial charge in [0.2, 0.25) is 0 Å². The van der Waals surface area contributed by atoms with Gasteiger partial charge >= 0.3 is 18.0 Å². The van der Waals surface area contributed by atoms with Crippen molar-refractivity contribution in [2.24, 2.45) is 11.5 Å². The highest BCUT2D eigenvalue weighted by molar-refractivity contribution is 5.73. The minimum atomic E-state index is -1.00. The number of imidazole rings is 1. The van der Waals surface area contributed by atoms with E-state index in [-0.39, 0.29) is 19.4 Å². The summed E-state index contributed by atoms with van der Waals surface area (Å²) >= 11 is 0. The average Bonchev–Trinajstić information content (AvgIpc) is 2.81. The molecule has 2 amide bonds. The third kappa shape index (κ3) is 9.41. The minimum Gasteiger partial charge on any atom is -0.481 e. The van der Waals surface area contributed by atoms with E-state index in [0.717, 1.165) is 5.69 Å². The maximum atomic E-state index is 10.3. The molecule has 0 saturated heterocycles. The van der Waals surface area contributed by atoms with Gasteiger partial charge in [0, 0.05) is 24.9 Å². The standard InChI is InChI=1S/C6H9N3O2.C4H8N2O3/c7-5(6(10)11)1-4-2-8-3-9-4;5-4(9)6-2-1-3(7)8/h2-3,5H,1,7H2,(H,8,9)(H,10,11);1-2H2,(H,7,8)(H3,5,6,9)/t5-;/m0./s1. The molecule has 20 heavy (non-hydrogen) atoms. The van der Waals surface area contributed by atoms with Crippen molar-refractivity contribution in [1.29, 1.82) is 0 Å². The summed E-state index contributed by atoms with van der Waals surface area (Å²) < 4.78 is 0. The van der Waals surface area contributed by atoms with E-state index in [0.29, 0.717) is 0 Å². The fraction of sp³-hybridized carbons (Fsp3) is 0.400. The first-order chi connectivity index (χ1) is 9.32. The first-order valence-corrected chi connectivity index (χ1v) is 5.53. The molecular weight excluding hydrogens is 270 g/mol. The number of carbonyl (C=O) groups excluding carboxylic acids is 1. The second-order valence-corrected chi connectivity index (χ2v) is 3.66. The third-order valence-corrected chi connectivity index (χ3v) is 1.95. The highest BCUT2D eigenvalue weighted by Gasteiger charge is 2.12. The average molecular weight is 287 g/mol. The number of nitrogens with two attached hydrogens (primary N) is 2. The number of carboxylic acids is 2. The van der Waals surface area contributed by atoms with Gasteiger partial charge in [0.1, 0.15) is 6.04 Å². The molecule has 8 N–H and O–H groups in total. The van der Waals surface area contributed by atoms with Gasteiger partial charge in [0.05, 0.1) is 12.7 Å². The van der Waals surface area contributed by atoms with Crippen LogP contribution in [0.4, 0.5) is 4.79 Å². The van der Waals surface area contributed by atoms with Crippen LogP contribution in [0.5, 0.6) is 0 Å². The summed E-state index contributed by atoms with van der Waals surface area (Å²) in [5.41, 5.74) is 10.6. The number of urea groups is 1. The molecule has 1 atom stereocenters. The number of hydrogen-bond acceptors (Lipinski definition) is 5. The van der Waals surface area contributed by atoms with E-state index in [2.05, 4.69) is 21.0 Å². The lowest BCUT2D eigenvalue weighted by molar-refractivity contribution is -0.138. The molecule has 112 valence electrons. The molecule has 0 aliphatic rings. The van der Waals surface area contributed by atoms with E-state index in [1.54, 1.807) is 6.20 Å². The van der Waals surface area contributed by atoms with E-state index in [1.807, 2.05) is 0 Å². The molecule has 0 unspecified atom stereocenters. The number of nitrogens with zero attached hydrogens (tertiary/aromatic N) is 1. The summed E-state index contributed by atoms with van der Waals surface area (Å²) in [7, 11) is 0. The van der Waals surface area contributed by atoms with Crippen molar-refractivity contribution >= 4 is 18.0 Å². The highest BCUT2D eigenvalue weighted by atomic mass is 16.4. The van der Waals surface area contributed by atoms with Crippen LogP contribution in [-0.2, 0) is 16.0 Å². The maximum absolute atomic E-state index is 10.3. The Kier molecular flexibility index (Phi) is 8.11. The fourth-order valence-electron chi connectivity index (χ4n) is 1.01. The van der Waals surface area contributed by atoms with Crippen LogP contribution < -0.4 is 16.8 Å². The predicted molar refractivity (Wildman–Crippen MR) is 67.7 cm³/mol. The van der Waals surface area contributed by atoms with E-state index in [9.17, 15) is 14.4 Å². The van der Waals surface area contributed by atoms with Gasteiger partial charge in [-0.2, -0.15) is 0 Å². The van der Waals surface area contributed by atoms with Crippen LogP contribution in [0, 0.1) is 0 Å². The van der Waals surface area contributed by atoms with Gasteiger partial charge in [-0.3, -0.25) is 9.59 Å². The van der Waals surface area contributed by atoms with Crippen LogP contribution in [0.3, 0.4) is 0 Å². The fourth-order valence-corrected chi connectivity index (χ4v) is 1.01. The Morgan fingerprint density at radius 2 is 2.05 bits per heavy atom. The lowest BCUT2D eigenvalue weighted by Gasteiger charge is -2.02. The molecule has 0 fully saturated rings. The van der Waals surface area contributed by atoms with Crippen molar-refractivity contribution in [2.75, 3.05) is 6.54 Å². The molecule has 10 nitrogen and oxygen atoms in total. The molecule has 0 bridgehead atoms. The van der Waals surface area contributed by atoms with Gasteiger partial charge in [-0.1, -0.05) is 0 Å². The molecule has 1 rings (SSSR count). The zero-order valence-electron chi connectivity index (χ0n) is 10.6. The van der Waals surface area contributed by atoms with Gasteiger partial charge in [0.25, 0.3) is 0 Å². The smallest absolute Gasteiger partial charge is 0.320 e. The largest absolute Gasteiger partial charge is 0.481 e. The zero-order valence-corrected chi connectivity index (χ0v) is 10.6. The van der Waals surface area contributed by atoms with Gasteiger partial charge in [-0.15, -0.1) is 0 Å². The summed E-state index contributed by atoms with van der Waals surface area (Å²) in [6.07, 6.45) is 3.24. The van der Waals surface area contributed by atoms with Gasteiger partial charge < -0.3 is 32.0 Å². The Morgan fingerprint density at radius 3 is 2.45 bits per heavy atom. The maximum Gasteiger partial charge on any atom is 0.320 e. The minimum absolute atomic E-state index is 0.0880. The Labute approximate surface area is 114 Å². The first kappa shape index (κ1) is 17.4. The number of aromatic amines is 1. The molecule has 0 aliphatic heterocycles. The summed E-state index contributed by atoms with van der Waals surface area (Å²) in [5.74, 6) is -1.96. The van der Waals surface area contributed by atoms with E-state index in [4.69, 9.17) is 15.9 Å². The van der Waals surface area contributed by atoms with E-state index >= 15 is 0 Å². The van der Waals surface area contributed by atoms with Crippen LogP contribution in [-0.4, -0.2) is 50.7 Å². The van der Waals surface area contributed by atoms with Gasteiger partial charge in [-0.05, 0) is 0 Å². The molecule has 0 radical (unpaired) electrons. The number of nitrogens with one attached hydrogen (secondary N) is 2. The van der Waals surface area contributed by atoms with Crippen LogP contribution in [0.2, 0.25) is 0 Å². The summed E-state index contributed by atoms with van der Waals surface area (Å²) in [5, 5.41) is 18.6.